The fraction of sp³-hybridized carbons (Fsp3) is 0.231. The molecule has 1 aromatic rings. The number of aryl methyl sites for hydroxylation is 1. The topological polar surface area (TPSA) is 63.4 Å². The largest absolute Gasteiger partial charge is 0.399 e. The number of nitrogens with two attached hydrogens (primary N) is 1. The highest BCUT2D eigenvalue weighted by Crippen LogP contribution is 2.20. The van der Waals surface area contributed by atoms with E-state index >= 15 is 0 Å². The number of sulfonamides is 1. The van der Waals surface area contributed by atoms with Gasteiger partial charge in [0.1, 0.15) is 0 Å². The van der Waals surface area contributed by atoms with Crippen LogP contribution in [0.25, 0.3) is 0 Å². The molecule has 1 rings (SSSR count). The molecule has 0 saturated heterocycles. The minimum atomic E-state index is -3.56. The van der Waals surface area contributed by atoms with E-state index in [0.29, 0.717) is 5.69 Å². The number of anilines is 1. The Hall–Kier alpha value is -1.59. The summed E-state index contributed by atoms with van der Waals surface area (Å²) in [5.41, 5.74) is 6.93. The highest BCUT2D eigenvalue weighted by molar-refractivity contribution is 7.89. The Morgan fingerprint density at radius 1 is 1.22 bits per heavy atom. The first-order valence-corrected chi connectivity index (χ1v) is 6.95. The highest BCUT2D eigenvalue weighted by atomic mass is 32.2. The van der Waals surface area contributed by atoms with Crippen molar-refractivity contribution in [3.05, 3.63) is 49.1 Å². The second-order valence-electron chi connectivity index (χ2n) is 3.98. The molecule has 0 saturated carbocycles. The van der Waals surface area contributed by atoms with Crippen LogP contribution in [0.3, 0.4) is 0 Å². The van der Waals surface area contributed by atoms with Crippen molar-refractivity contribution in [2.24, 2.45) is 0 Å². The third-order valence-electron chi connectivity index (χ3n) is 2.38. The maximum absolute atomic E-state index is 12.4. The quantitative estimate of drug-likeness (QED) is 0.632. The molecule has 98 valence electrons. The first-order chi connectivity index (χ1) is 8.41. The lowest BCUT2D eigenvalue weighted by molar-refractivity contribution is 0.474. The minimum absolute atomic E-state index is 0.198. The summed E-state index contributed by atoms with van der Waals surface area (Å²) in [5.74, 6) is 0. The molecule has 5 heteroatoms. The number of hydrogen-bond acceptors (Lipinski definition) is 3. The van der Waals surface area contributed by atoms with Crippen molar-refractivity contribution >= 4 is 15.7 Å². The van der Waals surface area contributed by atoms with E-state index in [1.54, 1.807) is 31.2 Å². The Balaban J connectivity index is 3.24. The third kappa shape index (κ3) is 3.21. The van der Waals surface area contributed by atoms with E-state index in [2.05, 4.69) is 13.2 Å². The Bertz CT molecular complexity index is 520. The predicted octanol–water partition coefficient (Wildman–Crippen LogP) is 1.94. The summed E-state index contributed by atoms with van der Waals surface area (Å²) >= 11 is 0. The summed E-state index contributed by atoms with van der Waals surface area (Å²) < 4.78 is 26.1. The Morgan fingerprint density at radius 2 is 1.78 bits per heavy atom. The van der Waals surface area contributed by atoms with Crippen LogP contribution in [0.5, 0.6) is 0 Å². The zero-order chi connectivity index (χ0) is 13.8. The molecule has 1 aromatic carbocycles. The normalized spacial score (nSPS) is 11.4. The van der Waals surface area contributed by atoms with E-state index < -0.39 is 10.0 Å². The van der Waals surface area contributed by atoms with E-state index in [9.17, 15) is 8.42 Å². The molecule has 0 atom stereocenters. The summed E-state index contributed by atoms with van der Waals surface area (Å²) in [6.45, 7) is 9.40. The second-order valence-corrected chi connectivity index (χ2v) is 5.92. The molecular weight excluding hydrogens is 248 g/mol. The fourth-order valence-corrected chi connectivity index (χ4v) is 3.15. The number of benzene rings is 1. The molecule has 0 aliphatic rings. The van der Waals surface area contributed by atoms with Gasteiger partial charge in [0, 0.05) is 18.8 Å². The molecule has 0 bridgehead atoms. The molecule has 0 radical (unpaired) electrons. The van der Waals surface area contributed by atoms with Crippen molar-refractivity contribution in [1.82, 2.24) is 4.31 Å². The van der Waals surface area contributed by atoms with Gasteiger partial charge in [-0.05, 0) is 30.7 Å². The van der Waals surface area contributed by atoms with Crippen molar-refractivity contribution in [3.8, 4) is 0 Å². The van der Waals surface area contributed by atoms with Crippen molar-refractivity contribution in [3.63, 3.8) is 0 Å². The molecule has 4 nitrogen and oxygen atoms in total. The average Bonchev–Trinajstić information content (AvgIpc) is 2.27. The van der Waals surface area contributed by atoms with E-state index in [1.807, 2.05) is 0 Å². The van der Waals surface area contributed by atoms with Crippen LogP contribution in [0, 0.1) is 6.92 Å². The molecule has 0 aliphatic carbocycles. The summed E-state index contributed by atoms with van der Waals surface area (Å²) in [5, 5.41) is 0. The number of rotatable bonds is 6. The number of nitrogen functional groups attached to an aromatic ring is 1. The summed E-state index contributed by atoms with van der Waals surface area (Å²) in [6.07, 6.45) is 3.08. The van der Waals surface area contributed by atoms with Gasteiger partial charge in [0.25, 0.3) is 0 Å². The van der Waals surface area contributed by atoms with Crippen LogP contribution in [0.4, 0.5) is 5.69 Å². The van der Waals surface area contributed by atoms with E-state index in [0.717, 1.165) is 5.56 Å². The van der Waals surface area contributed by atoms with Crippen LogP contribution in [-0.4, -0.2) is 25.8 Å². The van der Waals surface area contributed by atoms with Gasteiger partial charge in [-0.25, -0.2) is 8.42 Å². The van der Waals surface area contributed by atoms with Gasteiger partial charge in [0.05, 0.1) is 4.90 Å². The van der Waals surface area contributed by atoms with Crippen LogP contribution >= 0.6 is 0 Å². The smallest absolute Gasteiger partial charge is 0.243 e. The van der Waals surface area contributed by atoms with Crippen LogP contribution in [-0.2, 0) is 10.0 Å². The predicted molar refractivity (Wildman–Crippen MR) is 74.7 cm³/mol. The van der Waals surface area contributed by atoms with Crippen molar-refractivity contribution in [2.75, 3.05) is 18.8 Å². The Morgan fingerprint density at radius 3 is 2.22 bits per heavy atom. The third-order valence-corrected chi connectivity index (χ3v) is 4.19. The van der Waals surface area contributed by atoms with Gasteiger partial charge < -0.3 is 5.73 Å². The van der Waals surface area contributed by atoms with Gasteiger partial charge >= 0.3 is 0 Å². The SMILES string of the molecule is C=CCN(CC=C)S(=O)(=O)c1cc(C)cc(N)c1. The maximum atomic E-state index is 12.4. The molecule has 2 N–H and O–H groups in total. The molecule has 0 amide bonds. The van der Waals surface area contributed by atoms with Crippen molar-refractivity contribution < 1.29 is 8.42 Å². The molecule has 0 aliphatic heterocycles. The zero-order valence-corrected chi connectivity index (χ0v) is 11.3. The molecule has 0 fully saturated rings. The van der Waals surface area contributed by atoms with Crippen LogP contribution in [0.15, 0.2) is 48.4 Å². The standard InChI is InChI=1S/C13H18N2O2S/c1-4-6-15(7-5-2)18(16,17)13-9-11(3)8-12(14)10-13/h4-5,8-10H,1-2,6-7,14H2,3H3. The monoisotopic (exact) mass is 266 g/mol. The maximum Gasteiger partial charge on any atom is 0.243 e. The first-order valence-electron chi connectivity index (χ1n) is 5.51. The minimum Gasteiger partial charge on any atom is -0.399 e. The number of nitrogens with zero attached hydrogens (tertiary/aromatic N) is 1. The zero-order valence-electron chi connectivity index (χ0n) is 10.5. The lowest BCUT2D eigenvalue weighted by Crippen LogP contribution is -2.31. The molecule has 0 spiro atoms. The van der Waals surface area contributed by atoms with Gasteiger partial charge in [-0.1, -0.05) is 12.2 Å². The lowest BCUT2D eigenvalue weighted by atomic mass is 10.2. The van der Waals surface area contributed by atoms with Crippen LogP contribution in [0.2, 0.25) is 0 Å². The van der Waals surface area contributed by atoms with Gasteiger partial charge in [0.15, 0.2) is 0 Å². The van der Waals surface area contributed by atoms with Crippen LogP contribution in [0.1, 0.15) is 5.56 Å². The Kier molecular flexibility index (Phi) is 4.69. The van der Waals surface area contributed by atoms with Gasteiger partial charge in [-0.3, -0.25) is 0 Å². The lowest BCUT2D eigenvalue weighted by Gasteiger charge is -2.19. The van der Waals surface area contributed by atoms with Gasteiger partial charge in [0.2, 0.25) is 10.0 Å². The summed E-state index contributed by atoms with van der Waals surface area (Å²) in [4.78, 5) is 0.198. The van der Waals surface area contributed by atoms with Gasteiger partial charge in [-0.2, -0.15) is 4.31 Å². The summed E-state index contributed by atoms with van der Waals surface area (Å²) in [7, 11) is -3.56. The van der Waals surface area contributed by atoms with E-state index in [4.69, 9.17) is 5.73 Å². The van der Waals surface area contributed by atoms with Crippen LogP contribution < -0.4 is 5.73 Å². The second kappa shape index (κ2) is 5.84. The highest BCUT2D eigenvalue weighted by Gasteiger charge is 2.22. The molecule has 18 heavy (non-hydrogen) atoms. The Labute approximate surface area is 108 Å². The molecular formula is C13H18N2O2S. The fourth-order valence-electron chi connectivity index (χ4n) is 1.63. The van der Waals surface area contributed by atoms with E-state index in [-0.39, 0.29) is 18.0 Å². The number of hydrogen-bond donors (Lipinski definition) is 1. The molecule has 0 heterocycles. The van der Waals surface area contributed by atoms with Gasteiger partial charge in [-0.15, -0.1) is 13.2 Å². The van der Waals surface area contributed by atoms with Crippen molar-refractivity contribution in [2.45, 2.75) is 11.8 Å². The van der Waals surface area contributed by atoms with Crippen molar-refractivity contribution in [1.29, 1.82) is 0 Å². The van der Waals surface area contributed by atoms with E-state index in [1.165, 1.54) is 10.4 Å². The molecule has 0 unspecified atom stereocenters. The summed E-state index contributed by atoms with van der Waals surface area (Å²) in [6, 6.07) is 4.79. The first kappa shape index (κ1) is 14.5. The molecule has 0 aromatic heterocycles. The average molecular weight is 266 g/mol.